The van der Waals surface area contributed by atoms with Crippen LogP contribution in [-0.2, 0) is 30.1 Å². The zero-order valence-corrected chi connectivity index (χ0v) is 34.9. The Balaban J connectivity index is 1.10. The molecule has 17 nitrogen and oxygen atoms in total. The fourth-order valence-corrected chi connectivity index (χ4v) is 8.86. The van der Waals surface area contributed by atoms with Gasteiger partial charge in [0.25, 0.3) is 0 Å². The van der Waals surface area contributed by atoms with Crippen LogP contribution in [0.4, 0.5) is 20.2 Å². The van der Waals surface area contributed by atoms with Crippen molar-refractivity contribution in [1.29, 1.82) is 0 Å². The quantitative estimate of drug-likeness (QED) is 0.123. The van der Waals surface area contributed by atoms with Gasteiger partial charge < -0.3 is 57.9 Å². The van der Waals surface area contributed by atoms with Crippen LogP contribution in [-0.4, -0.2) is 125 Å². The van der Waals surface area contributed by atoms with Crippen molar-refractivity contribution >= 4 is 45.3 Å². The smallest absolute Gasteiger partial charge is 0.241 e. The Morgan fingerprint density at radius 3 is 1.84 bits per heavy atom. The van der Waals surface area contributed by atoms with Gasteiger partial charge in [-0.25, -0.2) is 18.7 Å². The number of likely N-dealkylation sites (N-methyl/N-ethyl adjacent to an activating group) is 1. The highest BCUT2D eigenvalue weighted by atomic mass is 19.1. The molecule has 0 radical (unpaired) electrons. The zero-order chi connectivity index (χ0) is 44.3. The van der Waals surface area contributed by atoms with E-state index in [-0.39, 0.29) is 59.2 Å². The molecule has 2 atom stereocenters. The Labute approximate surface area is 358 Å². The molecule has 4 aliphatic rings. The second-order valence-electron chi connectivity index (χ2n) is 16.8. The number of halogens is 2. The Bertz CT molecular complexity index is 2910. The minimum atomic E-state index is -1.36. The summed E-state index contributed by atoms with van der Waals surface area (Å²) >= 11 is 0. The van der Waals surface area contributed by atoms with Crippen LogP contribution in [0.2, 0.25) is 0 Å². The van der Waals surface area contributed by atoms with Crippen molar-refractivity contribution in [1.82, 2.24) is 24.0 Å². The van der Waals surface area contributed by atoms with Gasteiger partial charge in [0.15, 0.2) is 28.9 Å². The second kappa shape index (κ2) is 14.4. The summed E-state index contributed by atoms with van der Waals surface area (Å²) in [5.41, 5.74) is 0.871. The van der Waals surface area contributed by atoms with Gasteiger partial charge in [-0.1, -0.05) is 0 Å². The standard InChI is InChI=1S/C44H43F2N7O10/c1-43(19-61-20-43)52-28-8-6-22(50-11-10-32(50)54)14-26(28)47-40(52)25-17-31(60-5)37(57)39(35(25)46)63-42-44(2,21-62-42)53-29-9-7-23(51-13-12-49(3)18-33(51)55)15-27(29)48-41(53)24-16-30(59-4)36(56)38(58)34(24)45/h6-9,14-17,42,56-58H,10-13,18-21H2,1-5H3. The number of hydrogen-bond acceptors (Lipinski definition) is 13. The van der Waals surface area contributed by atoms with E-state index >= 15 is 8.78 Å². The molecule has 63 heavy (non-hydrogen) atoms. The predicted octanol–water partition coefficient (Wildman–Crippen LogP) is 5.04. The molecule has 6 aromatic rings. The number of carbonyl (C=O) groups excluding carboxylic acids is 2. The highest BCUT2D eigenvalue weighted by Gasteiger charge is 2.52. The van der Waals surface area contributed by atoms with Crippen LogP contribution in [0.15, 0.2) is 48.5 Å². The van der Waals surface area contributed by atoms with E-state index in [0.717, 1.165) is 0 Å². The fourth-order valence-electron chi connectivity index (χ4n) is 8.86. The number of phenols is 3. The molecule has 0 aliphatic carbocycles. The number of imidazole rings is 2. The van der Waals surface area contributed by atoms with E-state index in [2.05, 4.69) is 0 Å². The number of ether oxygens (including phenoxy) is 5. The van der Waals surface area contributed by atoms with Crippen LogP contribution in [0, 0.1) is 11.6 Å². The van der Waals surface area contributed by atoms with Crippen LogP contribution in [0.5, 0.6) is 34.5 Å². The van der Waals surface area contributed by atoms with Crippen molar-refractivity contribution in [2.24, 2.45) is 0 Å². The molecule has 4 aromatic carbocycles. The number of benzene rings is 4. The Kier molecular flexibility index (Phi) is 9.25. The lowest BCUT2D eigenvalue weighted by Crippen LogP contribution is -2.60. The summed E-state index contributed by atoms with van der Waals surface area (Å²) in [6.07, 6.45) is -0.917. The van der Waals surface area contributed by atoms with E-state index in [4.69, 9.17) is 33.7 Å². The summed E-state index contributed by atoms with van der Waals surface area (Å²) in [7, 11) is 4.42. The number of fused-ring (bicyclic) bond motifs is 2. The molecule has 2 aromatic heterocycles. The topological polar surface area (TPSA) is 186 Å². The number of amides is 2. The predicted molar refractivity (Wildman–Crippen MR) is 224 cm³/mol. The number of methoxy groups -OCH3 is 2. The number of hydrogen-bond donors (Lipinski definition) is 3. The molecule has 19 heteroatoms. The third-order valence-corrected chi connectivity index (χ3v) is 12.6. The normalized spacial score (nSPS) is 21.1. The van der Waals surface area contributed by atoms with E-state index < -0.39 is 52.0 Å². The third kappa shape index (κ3) is 6.04. The molecule has 4 fully saturated rings. The van der Waals surface area contributed by atoms with Crippen LogP contribution < -0.4 is 24.0 Å². The lowest BCUT2D eigenvalue weighted by Gasteiger charge is -2.47. The molecule has 0 bridgehead atoms. The molecule has 0 spiro atoms. The van der Waals surface area contributed by atoms with Crippen molar-refractivity contribution in [3.05, 3.63) is 60.2 Å². The molecule has 2 unspecified atom stereocenters. The van der Waals surface area contributed by atoms with Gasteiger partial charge in [-0.15, -0.1) is 0 Å². The Hall–Kier alpha value is -6.70. The number of aromatic nitrogens is 4. The largest absolute Gasteiger partial charge is 0.502 e. The van der Waals surface area contributed by atoms with E-state index in [1.165, 1.54) is 26.4 Å². The monoisotopic (exact) mass is 867 g/mol. The summed E-state index contributed by atoms with van der Waals surface area (Å²) in [6, 6.07) is 13.1. The van der Waals surface area contributed by atoms with E-state index in [1.807, 2.05) is 35.6 Å². The second-order valence-corrected chi connectivity index (χ2v) is 16.8. The first-order valence-corrected chi connectivity index (χ1v) is 20.3. The average Bonchev–Trinajstić information content (AvgIpc) is 3.82. The first-order chi connectivity index (χ1) is 30.1. The number of aromatic hydroxyl groups is 3. The van der Waals surface area contributed by atoms with E-state index in [0.29, 0.717) is 72.7 Å². The van der Waals surface area contributed by atoms with Crippen molar-refractivity contribution in [3.63, 3.8) is 0 Å². The highest BCUT2D eigenvalue weighted by molar-refractivity contribution is 6.01. The minimum absolute atomic E-state index is 0.0107. The molecule has 328 valence electrons. The highest BCUT2D eigenvalue weighted by Crippen LogP contribution is 2.50. The number of rotatable bonds is 10. The summed E-state index contributed by atoms with van der Waals surface area (Å²) in [5.74, 6) is -5.67. The minimum Gasteiger partial charge on any atom is -0.502 e. The van der Waals surface area contributed by atoms with Gasteiger partial charge in [0.1, 0.15) is 17.2 Å². The average molecular weight is 868 g/mol. The number of piperazine rings is 1. The van der Waals surface area contributed by atoms with Gasteiger partial charge in [0.05, 0.1) is 79.3 Å². The van der Waals surface area contributed by atoms with Crippen LogP contribution in [0.1, 0.15) is 20.3 Å². The zero-order valence-electron chi connectivity index (χ0n) is 34.9. The van der Waals surface area contributed by atoms with Crippen LogP contribution in [0.3, 0.4) is 0 Å². The molecule has 4 saturated heterocycles. The SMILES string of the molecule is COc1cc(-c2nc3cc(N4CCN(C)CC4=O)ccc3n2C2(C)COC2Oc2c(O)c(OC)cc(-c3nc4cc(N5CCC5=O)ccc4n3C3(C)COC3)c2F)c(F)c(O)c1O. The van der Waals surface area contributed by atoms with Crippen molar-refractivity contribution in [3.8, 4) is 57.3 Å². The first-order valence-electron chi connectivity index (χ1n) is 20.3. The molecular weight excluding hydrogens is 825 g/mol. The fraction of sp³-hybridized carbons (Fsp3) is 0.364. The number of anilines is 2. The molecular formula is C44H43F2N7O10. The van der Waals surface area contributed by atoms with Crippen LogP contribution >= 0.6 is 0 Å². The molecule has 2 amide bonds. The van der Waals surface area contributed by atoms with Crippen molar-refractivity contribution in [2.45, 2.75) is 37.6 Å². The summed E-state index contributed by atoms with van der Waals surface area (Å²) in [6.45, 7) is 6.07. The number of nitrogens with zero attached hydrogens (tertiary/aromatic N) is 7. The van der Waals surface area contributed by atoms with E-state index in [1.54, 1.807) is 45.6 Å². The maximum Gasteiger partial charge on any atom is 0.241 e. The molecule has 10 rings (SSSR count). The van der Waals surface area contributed by atoms with Gasteiger partial charge in [0.2, 0.25) is 35.4 Å². The molecule has 6 heterocycles. The van der Waals surface area contributed by atoms with E-state index in [9.17, 15) is 24.9 Å². The Morgan fingerprint density at radius 1 is 0.730 bits per heavy atom. The third-order valence-electron chi connectivity index (χ3n) is 12.6. The van der Waals surface area contributed by atoms with Crippen LogP contribution in [0.25, 0.3) is 44.8 Å². The molecule has 3 N–H and O–H groups in total. The molecule has 0 saturated carbocycles. The summed E-state index contributed by atoms with van der Waals surface area (Å²) in [5, 5.41) is 32.7. The number of phenolic OH excluding ortho intramolecular Hbond substituents is 3. The maximum absolute atomic E-state index is 17.4. The summed E-state index contributed by atoms with van der Waals surface area (Å²) in [4.78, 5) is 40.3. The lowest BCUT2D eigenvalue weighted by atomic mass is 9.95. The van der Waals surface area contributed by atoms with Gasteiger partial charge in [-0.05, 0) is 69.4 Å². The maximum atomic E-state index is 17.4. The van der Waals surface area contributed by atoms with Gasteiger partial charge in [0, 0.05) is 37.4 Å². The molecule has 4 aliphatic heterocycles. The number of carbonyl (C=O) groups is 2. The number of β-lactam (4-membered cyclic amide) rings is 1. The summed E-state index contributed by atoms with van der Waals surface area (Å²) < 4.78 is 65.8. The van der Waals surface area contributed by atoms with Gasteiger partial charge in [-0.2, -0.15) is 0 Å². The Morgan fingerprint density at radius 2 is 1.32 bits per heavy atom. The first kappa shape index (κ1) is 40.4. The van der Waals surface area contributed by atoms with Gasteiger partial charge >= 0.3 is 0 Å². The van der Waals surface area contributed by atoms with Crippen molar-refractivity contribution in [2.75, 3.05) is 77.1 Å². The van der Waals surface area contributed by atoms with Crippen molar-refractivity contribution < 1.29 is 57.4 Å². The van der Waals surface area contributed by atoms with Gasteiger partial charge in [-0.3, -0.25) is 14.5 Å². The lowest BCUT2D eigenvalue weighted by molar-refractivity contribution is -0.255.